The summed E-state index contributed by atoms with van der Waals surface area (Å²) in [4.78, 5) is 20.1. The van der Waals surface area contributed by atoms with Gasteiger partial charge in [0.25, 0.3) is 5.91 Å². The number of benzene rings is 3. The van der Waals surface area contributed by atoms with Crippen LogP contribution in [0.4, 0.5) is 5.69 Å². The number of hydrogen-bond donors (Lipinski definition) is 1. The lowest BCUT2D eigenvalue weighted by Crippen LogP contribution is -2.25. The largest absolute Gasteiger partial charge is 0.352 e. The van der Waals surface area contributed by atoms with Crippen LogP contribution in [-0.4, -0.2) is 18.2 Å². The third kappa shape index (κ3) is 5.15. The van der Waals surface area contributed by atoms with Crippen LogP contribution in [0, 0.1) is 0 Å². The number of nitrogens with zero attached hydrogens (tertiary/aromatic N) is 1. The van der Waals surface area contributed by atoms with Gasteiger partial charge in [-0.3, -0.25) is 4.79 Å². The zero-order chi connectivity index (χ0) is 23.5. The Balaban J connectivity index is 1.41. The standard InChI is InChI=1S/C28H22Cl2N2OS/c29-21-11-8-19(9-12-21)27-23-6-1-2-7-25(23)34-26-13-10-20(17-24(26)32-27)28(33)31-15-14-18-4-3-5-22(30)16-18/h1-8,10-11,13,16-17H,9,12,14-15H2,(H,31,33). The van der Waals surface area contributed by atoms with E-state index in [0.717, 1.165) is 62.2 Å². The Hall–Kier alpha value is -2.79. The van der Waals surface area contributed by atoms with Gasteiger partial charge in [0, 0.05) is 37.5 Å². The molecule has 0 fully saturated rings. The average Bonchev–Trinajstić information content (AvgIpc) is 3.01. The van der Waals surface area contributed by atoms with Gasteiger partial charge in [0.1, 0.15) is 0 Å². The molecule has 0 spiro atoms. The Labute approximate surface area is 213 Å². The fourth-order valence-electron chi connectivity index (χ4n) is 4.05. The molecule has 1 heterocycles. The second kappa shape index (κ2) is 10.2. The SMILES string of the molecule is O=C(NCCc1cccc(Cl)c1)c1ccc2c(c1)N=C(C1=CC=C(Cl)CC1)c1ccccc1S2. The van der Waals surface area contributed by atoms with E-state index in [9.17, 15) is 4.79 Å². The minimum Gasteiger partial charge on any atom is -0.352 e. The molecule has 1 N–H and O–H groups in total. The minimum absolute atomic E-state index is 0.111. The van der Waals surface area contributed by atoms with Crippen LogP contribution in [0.3, 0.4) is 0 Å². The van der Waals surface area contributed by atoms with Gasteiger partial charge in [-0.2, -0.15) is 0 Å². The fraction of sp³-hybridized carbons (Fsp3) is 0.143. The molecule has 0 saturated heterocycles. The quantitative estimate of drug-likeness (QED) is 0.385. The van der Waals surface area contributed by atoms with Crippen LogP contribution >= 0.6 is 35.0 Å². The van der Waals surface area contributed by atoms with Crippen LogP contribution in [-0.2, 0) is 6.42 Å². The molecular weight excluding hydrogens is 483 g/mol. The molecule has 5 rings (SSSR count). The molecule has 0 saturated carbocycles. The van der Waals surface area contributed by atoms with Gasteiger partial charge in [-0.1, -0.05) is 71.4 Å². The third-order valence-corrected chi connectivity index (χ3v) is 7.50. The molecule has 3 aromatic carbocycles. The fourth-order valence-corrected chi connectivity index (χ4v) is 5.43. The van der Waals surface area contributed by atoms with Gasteiger partial charge in [0.05, 0.1) is 11.4 Å². The topological polar surface area (TPSA) is 41.5 Å². The van der Waals surface area contributed by atoms with E-state index < -0.39 is 0 Å². The molecule has 0 unspecified atom stereocenters. The lowest BCUT2D eigenvalue weighted by atomic mass is 9.95. The molecule has 34 heavy (non-hydrogen) atoms. The normalized spacial score (nSPS) is 14.7. The Bertz CT molecular complexity index is 1360. The first-order valence-corrected chi connectivity index (χ1v) is 12.7. The van der Waals surface area contributed by atoms with Gasteiger partial charge < -0.3 is 5.32 Å². The van der Waals surface area contributed by atoms with E-state index in [1.54, 1.807) is 11.8 Å². The Morgan fingerprint density at radius 2 is 1.82 bits per heavy atom. The summed E-state index contributed by atoms with van der Waals surface area (Å²) in [6, 6.07) is 21.7. The maximum atomic E-state index is 12.9. The number of halogens is 2. The summed E-state index contributed by atoms with van der Waals surface area (Å²) >= 11 is 13.9. The highest BCUT2D eigenvalue weighted by molar-refractivity contribution is 7.99. The monoisotopic (exact) mass is 504 g/mol. The molecule has 1 aliphatic heterocycles. The summed E-state index contributed by atoms with van der Waals surface area (Å²) in [5.74, 6) is -0.111. The van der Waals surface area contributed by atoms with Gasteiger partial charge in [-0.05, 0) is 72.9 Å². The lowest BCUT2D eigenvalue weighted by molar-refractivity contribution is 0.0954. The molecule has 0 aromatic heterocycles. The second-order valence-electron chi connectivity index (χ2n) is 8.18. The number of fused-ring (bicyclic) bond motifs is 2. The maximum absolute atomic E-state index is 12.9. The van der Waals surface area contributed by atoms with Crippen molar-refractivity contribution in [3.63, 3.8) is 0 Å². The highest BCUT2D eigenvalue weighted by atomic mass is 35.5. The summed E-state index contributed by atoms with van der Waals surface area (Å²) in [5.41, 5.74) is 5.70. The number of allylic oxidation sites excluding steroid dienone is 4. The predicted octanol–water partition coefficient (Wildman–Crippen LogP) is 7.74. The van der Waals surface area contributed by atoms with Crippen LogP contribution in [0.25, 0.3) is 0 Å². The van der Waals surface area contributed by atoms with E-state index in [0.29, 0.717) is 17.1 Å². The van der Waals surface area contributed by atoms with Crippen molar-refractivity contribution < 1.29 is 4.79 Å². The van der Waals surface area contributed by atoms with Crippen molar-refractivity contribution in [2.75, 3.05) is 6.54 Å². The van der Waals surface area contributed by atoms with E-state index in [1.165, 1.54) is 0 Å². The zero-order valence-electron chi connectivity index (χ0n) is 18.4. The van der Waals surface area contributed by atoms with Crippen molar-refractivity contribution in [2.24, 2.45) is 4.99 Å². The summed E-state index contributed by atoms with van der Waals surface area (Å²) in [7, 11) is 0. The Morgan fingerprint density at radius 3 is 2.65 bits per heavy atom. The van der Waals surface area contributed by atoms with E-state index in [1.807, 2.05) is 60.7 Å². The third-order valence-electron chi connectivity index (χ3n) is 5.81. The summed E-state index contributed by atoms with van der Waals surface area (Å²) in [5, 5.41) is 4.58. The molecule has 6 heteroatoms. The number of carbonyl (C=O) groups excluding carboxylic acids is 1. The molecule has 170 valence electrons. The molecule has 0 atom stereocenters. The molecule has 1 aliphatic carbocycles. The first-order chi connectivity index (χ1) is 16.6. The van der Waals surface area contributed by atoms with Crippen molar-refractivity contribution in [1.82, 2.24) is 5.32 Å². The first kappa shape index (κ1) is 23.0. The van der Waals surface area contributed by atoms with Gasteiger partial charge in [-0.15, -0.1) is 0 Å². The maximum Gasteiger partial charge on any atom is 0.251 e. The molecule has 1 amide bonds. The van der Waals surface area contributed by atoms with E-state index in [-0.39, 0.29) is 5.91 Å². The summed E-state index contributed by atoms with van der Waals surface area (Å²) in [6.07, 6.45) is 6.38. The highest BCUT2D eigenvalue weighted by Crippen LogP contribution is 2.42. The van der Waals surface area contributed by atoms with E-state index in [4.69, 9.17) is 28.2 Å². The van der Waals surface area contributed by atoms with Crippen LogP contribution in [0.15, 0.2) is 104 Å². The number of hydrogen-bond acceptors (Lipinski definition) is 3. The predicted molar refractivity (Wildman–Crippen MR) is 142 cm³/mol. The van der Waals surface area contributed by atoms with Gasteiger partial charge in [0.2, 0.25) is 0 Å². The molecule has 2 aliphatic rings. The van der Waals surface area contributed by atoms with Crippen LogP contribution in [0.2, 0.25) is 5.02 Å². The van der Waals surface area contributed by atoms with Crippen LogP contribution in [0.1, 0.15) is 34.3 Å². The zero-order valence-corrected chi connectivity index (χ0v) is 20.7. The summed E-state index contributed by atoms with van der Waals surface area (Å²) < 4.78 is 0. The molecule has 0 bridgehead atoms. The number of nitrogens with one attached hydrogen (secondary N) is 1. The van der Waals surface area contributed by atoms with Crippen molar-refractivity contribution in [1.29, 1.82) is 0 Å². The van der Waals surface area contributed by atoms with Crippen molar-refractivity contribution in [3.8, 4) is 0 Å². The van der Waals surface area contributed by atoms with Crippen molar-refractivity contribution in [3.05, 3.63) is 111 Å². The number of rotatable bonds is 5. The Morgan fingerprint density at radius 1 is 0.941 bits per heavy atom. The number of amides is 1. The van der Waals surface area contributed by atoms with E-state index in [2.05, 4.69) is 23.5 Å². The second-order valence-corrected chi connectivity index (χ2v) is 10.2. The average molecular weight is 505 g/mol. The van der Waals surface area contributed by atoms with Gasteiger partial charge >= 0.3 is 0 Å². The molecule has 3 nitrogen and oxygen atoms in total. The molecule has 0 radical (unpaired) electrons. The number of carbonyl (C=O) groups is 1. The van der Waals surface area contributed by atoms with Crippen molar-refractivity contribution >= 4 is 52.3 Å². The van der Waals surface area contributed by atoms with Gasteiger partial charge in [-0.25, -0.2) is 4.99 Å². The van der Waals surface area contributed by atoms with Gasteiger partial charge in [0.15, 0.2) is 0 Å². The van der Waals surface area contributed by atoms with Crippen molar-refractivity contribution in [2.45, 2.75) is 29.1 Å². The Kier molecular flexibility index (Phi) is 6.91. The van der Waals surface area contributed by atoms with E-state index >= 15 is 0 Å². The molecule has 3 aromatic rings. The lowest BCUT2D eigenvalue weighted by Gasteiger charge is -2.15. The molecular formula is C28H22Cl2N2OS. The first-order valence-electron chi connectivity index (χ1n) is 11.1. The highest BCUT2D eigenvalue weighted by Gasteiger charge is 2.22. The van der Waals surface area contributed by atoms with Crippen LogP contribution < -0.4 is 5.32 Å². The van der Waals surface area contributed by atoms with Crippen LogP contribution in [0.5, 0.6) is 0 Å². The summed E-state index contributed by atoms with van der Waals surface area (Å²) in [6.45, 7) is 0.533. The number of aliphatic imine (C=N–C) groups is 1. The smallest absolute Gasteiger partial charge is 0.251 e. The minimum atomic E-state index is -0.111.